The molecular weight excluding hydrogens is 270 g/mol. The van der Waals surface area contributed by atoms with Gasteiger partial charge >= 0.3 is 5.97 Å². The molecular formula is C11H15N3O4S. The van der Waals surface area contributed by atoms with Gasteiger partial charge in [-0.2, -0.15) is 0 Å². The van der Waals surface area contributed by atoms with Gasteiger partial charge in [0.15, 0.2) is 15.5 Å². The Morgan fingerprint density at radius 3 is 2.74 bits per heavy atom. The summed E-state index contributed by atoms with van der Waals surface area (Å²) in [5.74, 6) is -0.525. The summed E-state index contributed by atoms with van der Waals surface area (Å²) in [6.07, 6.45) is 4.72. The summed E-state index contributed by atoms with van der Waals surface area (Å²) in [5.41, 5.74) is -0.143. The van der Waals surface area contributed by atoms with Crippen LogP contribution in [0.1, 0.15) is 29.8 Å². The number of carboxylic acid groups (broad SMARTS) is 1. The Balaban J connectivity index is 1.96. The summed E-state index contributed by atoms with van der Waals surface area (Å²) in [6, 6.07) is 0. The Labute approximate surface area is 111 Å². The van der Waals surface area contributed by atoms with Gasteiger partial charge in [0.05, 0.1) is 23.4 Å². The molecule has 1 saturated heterocycles. The van der Waals surface area contributed by atoms with Crippen LogP contribution in [-0.2, 0) is 9.84 Å². The second-order valence-corrected chi connectivity index (χ2v) is 6.86. The van der Waals surface area contributed by atoms with Gasteiger partial charge in [0.25, 0.3) is 0 Å². The zero-order valence-corrected chi connectivity index (χ0v) is 11.1. The van der Waals surface area contributed by atoms with Crippen LogP contribution in [0, 0.1) is 0 Å². The van der Waals surface area contributed by atoms with Crippen LogP contribution in [0.25, 0.3) is 0 Å². The van der Waals surface area contributed by atoms with Crippen molar-refractivity contribution in [2.75, 3.05) is 17.6 Å². The second kappa shape index (κ2) is 5.52. The minimum atomic E-state index is -3.02. The summed E-state index contributed by atoms with van der Waals surface area (Å²) >= 11 is 0. The number of hydrogen-bond acceptors (Lipinski definition) is 6. The fraction of sp³-hybridized carbons (Fsp3) is 0.545. The largest absolute Gasteiger partial charge is 0.476 e. The molecule has 2 rings (SSSR count). The molecule has 0 unspecified atom stereocenters. The van der Waals surface area contributed by atoms with Crippen LogP contribution in [0.15, 0.2) is 12.4 Å². The first-order valence-electron chi connectivity index (χ1n) is 6.00. The van der Waals surface area contributed by atoms with Crippen molar-refractivity contribution in [3.63, 3.8) is 0 Å². The van der Waals surface area contributed by atoms with E-state index in [4.69, 9.17) is 5.11 Å². The number of anilines is 1. The maximum atomic E-state index is 11.8. The first-order valence-corrected chi connectivity index (χ1v) is 7.71. The van der Waals surface area contributed by atoms with Crippen molar-refractivity contribution in [1.82, 2.24) is 9.97 Å². The fourth-order valence-electron chi connectivity index (χ4n) is 2.00. The first kappa shape index (κ1) is 13.7. The van der Waals surface area contributed by atoms with Crippen LogP contribution in [0.5, 0.6) is 0 Å². The summed E-state index contributed by atoms with van der Waals surface area (Å²) in [5, 5.41) is 11.2. The lowest BCUT2D eigenvalue weighted by Gasteiger charge is -2.22. The number of hydrogen-bond donors (Lipinski definition) is 2. The van der Waals surface area contributed by atoms with Crippen molar-refractivity contribution >= 4 is 21.6 Å². The van der Waals surface area contributed by atoms with Crippen molar-refractivity contribution < 1.29 is 18.3 Å². The van der Waals surface area contributed by atoms with Gasteiger partial charge in [-0.05, 0) is 12.8 Å². The van der Waals surface area contributed by atoms with E-state index in [-0.39, 0.29) is 18.0 Å². The highest BCUT2D eigenvalue weighted by atomic mass is 32.2. The van der Waals surface area contributed by atoms with Crippen LogP contribution in [0.4, 0.5) is 5.82 Å². The maximum Gasteiger partial charge on any atom is 0.356 e. The summed E-state index contributed by atoms with van der Waals surface area (Å²) < 4.78 is 23.6. The topological polar surface area (TPSA) is 109 Å². The Hall–Kier alpha value is -1.70. The molecule has 0 aromatic carbocycles. The molecule has 104 valence electrons. The fourth-order valence-corrected chi connectivity index (χ4v) is 3.80. The average molecular weight is 285 g/mol. The van der Waals surface area contributed by atoms with Gasteiger partial charge in [0, 0.05) is 6.54 Å². The van der Waals surface area contributed by atoms with Gasteiger partial charge in [-0.1, -0.05) is 6.42 Å². The molecule has 1 aromatic rings. The number of sulfone groups is 1. The monoisotopic (exact) mass is 285 g/mol. The quantitative estimate of drug-likeness (QED) is 0.831. The Bertz CT molecular complexity index is 556. The van der Waals surface area contributed by atoms with Crippen LogP contribution in [0.3, 0.4) is 0 Å². The van der Waals surface area contributed by atoms with Gasteiger partial charge in [-0.25, -0.2) is 23.2 Å². The lowest BCUT2D eigenvalue weighted by Crippen LogP contribution is -2.34. The minimum Gasteiger partial charge on any atom is -0.476 e. The zero-order valence-electron chi connectivity index (χ0n) is 10.2. The van der Waals surface area contributed by atoms with E-state index in [0.29, 0.717) is 12.2 Å². The lowest BCUT2D eigenvalue weighted by atomic mass is 10.2. The van der Waals surface area contributed by atoms with Crippen LogP contribution < -0.4 is 5.32 Å². The zero-order chi connectivity index (χ0) is 13.9. The Kier molecular flexibility index (Phi) is 3.98. The van der Waals surface area contributed by atoms with E-state index in [1.807, 2.05) is 0 Å². The summed E-state index contributed by atoms with van der Waals surface area (Å²) in [6.45, 7) is 0.281. The molecule has 2 N–H and O–H groups in total. The number of nitrogens with one attached hydrogen (secondary N) is 1. The van der Waals surface area contributed by atoms with Crippen molar-refractivity contribution in [1.29, 1.82) is 0 Å². The molecule has 1 aliphatic heterocycles. The smallest absolute Gasteiger partial charge is 0.356 e. The standard InChI is InChI=1S/C11H15N3O4S/c15-11(16)9-6-14-10(7-12-9)13-5-8-3-1-2-4-19(8,17)18/h6-8H,1-5H2,(H,13,14)(H,15,16)/t8-/m1/s1. The summed E-state index contributed by atoms with van der Waals surface area (Å²) in [4.78, 5) is 18.2. The predicted octanol–water partition coefficient (Wildman–Crippen LogP) is 0.554. The number of carboxylic acids is 1. The highest BCUT2D eigenvalue weighted by Gasteiger charge is 2.28. The third kappa shape index (κ3) is 3.40. The summed E-state index contributed by atoms with van der Waals surface area (Å²) in [7, 11) is -3.02. The van der Waals surface area contributed by atoms with E-state index in [2.05, 4.69) is 15.3 Å². The number of aromatic nitrogens is 2. The van der Waals surface area contributed by atoms with Crippen molar-refractivity contribution in [2.24, 2.45) is 0 Å². The van der Waals surface area contributed by atoms with Crippen molar-refractivity contribution in [3.8, 4) is 0 Å². The third-order valence-corrected chi connectivity index (χ3v) is 5.37. The highest BCUT2D eigenvalue weighted by molar-refractivity contribution is 7.92. The Morgan fingerprint density at radius 2 is 2.16 bits per heavy atom. The van der Waals surface area contributed by atoms with Crippen molar-refractivity contribution in [2.45, 2.75) is 24.5 Å². The van der Waals surface area contributed by atoms with Gasteiger partial charge in [-0.15, -0.1) is 0 Å². The average Bonchev–Trinajstić information content (AvgIpc) is 2.37. The predicted molar refractivity (Wildman–Crippen MR) is 68.9 cm³/mol. The second-order valence-electron chi connectivity index (χ2n) is 4.46. The molecule has 1 aliphatic rings. The number of aromatic carboxylic acids is 1. The van der Waals surface area contributed by atoms with Gasteiger partial charge in [-0.3, -0.25) is 0 Å². The van der Waals surface area contributed by atoms with Crippen LogP contribution in [0.2, 0.25) is 0 Å². The molecule has 19 heavy (non-hydrogen) atoms. The van der Waals surface area contributed by atoms with Crippen LogP contribution in [-0.4, -0.2) is 47.0 Å². The Morgan fingerprint density at radius 1 is 1.37 bits per heavy atom. The van der Waals surface area contributed by atoms with Gasteiger partial charge in [0.1, 0.15) is 5.82 Å². The number of carbonyl (C=O) groups is 1. The van der Waals surface area contributed by atoms with Crippen LogP contribution >= 0.6 is 0 Å². The van der Waals surface area contributed by atoms with E-state index in [1.54, 1.807) is 0 Å². The normalized spacial score (nSPS) is 21.8. The molecule has 2 heterocycles. The molecule has 1 aromatic heterocycles. The van der Waals surface area contributed by atoms with Gasteiger partial charge in [0.2, 0.25) is 0 Å². The molecule has 0 amide bonds. The minimum absolute atomic E-state index is 0.143. The van der Waals surface area contributed by atoms with E-state index in [0.717, 1.165) is 19.0 Å². The van der Waals surface area contributed by atoms with E-state index in [9.17, 15) is 13.2 Å². The third-order valence-electron chi connectivity index (χ3n) is 3.09. The van der Waals surface area contributed by atoms with Crippen molar-refractivity contribution in [3.05, 3.63) is 18.1 Å². The van der Waals surface area contributed by atoms with Gasteiger partial charge < -0.3 is 10.4 Å². The van der Waals surface area contributed by atoms with E-state index >= 15 is 0 Å². The molecule has 0 saturated carbocycles. The molecule has 1 fully saturated rings. The molecule has 0 bridgehead atoms. The number of nitrogens with zero attached hydrogens (tertiary/aromatic N) is 2. The van der Waals surface area contributed by atoms with E-state index in [1.165, 1.54) is 6.20 Å². The highest BCUT2D eigenvalue weighted by Crippen LogP contribution is 2.19. The molecule has 7 nitrogen and oxygen atoms in total. The maximum absolute atomic E-state index is 11.8. The number of rotatable bonds is 4. The SMILES string of the molecule is O=C(O)c1cnc(NC[C@H]2CCCCS2(=O)=O)cn1. The van der Waals surface area contributed by atoms with E-state index < -0.39 is 21.1 Å². The molecule has 0 radical (unpaired) electrons. The molecule has 0 spiro atoms. The lowest BCUT2D eigenvalue weighted by molar-refractivity contribution is 0.0690. The molecule has 8 heteroatoms. The molecule has 1 atom stereocenters. The first-order chi connectivity index (χ1) is 8.99. The molecule has 0 aliphatic carbocycles.